The minimum atomic E-state index is 0.0496. The van der Waals surface area contributed by atoms with Crippen molar-refractivity contribution in [2.24, 2.45) is 0 Å². The Morgan fingerprint density at radius 3 is 2.48 bits per heavy atom. The normalized spacial score (nSPS) is 16.1. The molecule has 2 heterocycles. The predicted octanol–water partition coefficient (Wildman–Crippen LogP) is 3.87. The maximum atomic E-state index is 12.5. The molecule has 1 fully saturated rings. The number of carbonyl (C=O) groups excluding carboxylic acids is 1. The number of rotatable bonds is 3. The fourth-order valence-corrected chi connectivity index (χ4v) is 2.88. The highest BCUT2D eigenvalue weighted by Gasteiger charge is 2.28. The number of likely N-dealkylation sites (tertiary alicyclic amines) is 1. The Hall–Kier alpha value is -1.88. The van der Waals surface area contributed by atoms with Gasteiger partial charge in [0.05, 0.1) is 0 Å². The van der Waals surface area contributed by atoms with Crippen LogP contribution in [0.1, 0.15) is 60.6 Å². The third-order valence-electron chi connectivity index (χ3n) is 4.20. The van der Waals surface area contributed by atoms with Gasteiger partial charge in [-0.05, 0) is 37.1 Å². The van der Waals surface area contributed by atoms with Gasteiger partial charge in [-0.25, -0.2) is 0 Å². The summed E-state index contributed by atoms with van der Waals surface area (Å²) in [6, 6.07) is 7.02. The standard InChI is InChI=1S/C17H20ClN3O2/c1-11(2)15-19-16(23-20-15)12-7-9-21(10-8-12)17(22)13-3-5-14(18)6-4-13/h3-6,11-12H,7-10H2,1-2H3. The van der Waals surface area contributed by atoms with Crippen molar-refractivity contribution in [1.82, 2.24) is 15.0 Å². The van der Waals surface area contributed by atoms with Gasteiger partial charge in [0.1, 0.15) is 0 Å². The van der Waals surface area contributed by atoms with E-state index in [4.69, 9.17) is 16.1 Å². The lowest BCUT2D eigenvalue weighted by atomic mass is 9.96. The molecule has 6 heteroatoms. The molecule has 0 spiro atoms. The molecular weight excluding hydrogens is 314 g/mol. The zero-order valence-electron chi connectivity index (χ0n) is 13.3. The van der Waals surface area contributed by atoms with Gasteiger partial charge in [-0.2, -0.15) is 4.98 Å². The molecule has 3 rings (SSSR count). The van der Waals surface area contributed by atoms with Crippen molar-refractivity contribution < 1.29 is 9.32 Å². The predicted molar refractivity (Wildman–Crippen MR) is 87.7 cm³/mol. The van der Waals surface area contributed by atoms with Crippen LogP contribution in [-0.2, 0) is 0 Å². The Kier molecular flexibility index (Phi) is 4.66. The molecule has 0 N–H and O–H groups in total. The lowest BCUT2D eigenvalue weighted by Gasteiger charge is -2.30. The van der Waals surface area contributed by atoms with Crippen molar-refractivity contribution in [3.63, 3.8) is 0 Å². The summed E-state index contributed by atoms with van der Waals surface area (Å²) in [7, 11) is 0. The number of amides is 1. The average molecular weight is 334 g/mol. The van der Waals surface area contributed by atoms with Crippen molar-refractivity contribution in [3.05, 3.63) is 46.6 Å². The Morgan fingerprint density at radius 1 is 1.26 bits per heavy atom. The van der Waals surface area contributed by atoms with E-state index < -0.39 is 0 Å². The second-order valence-electron chi connectivity index (χ2n) is 6.22. The lowest BCUT2D eigenvalue weighted by molar-refractivity contribution is 0.0704. The first kappa shape index (κ1) is 16.0. The Morgan fingerprint density at radius 2 is 1.91 bits per heavy atom. The van der Waals surface area contributed by atoms with E-state index in [9.17, 15) is 4.79 Å². The van der Waals surface area contributed by atoms with Crippen LogP contribution in [0, 0.1) is 0 Å². The van der Waals surface area contributed by atoms with Gasteiger partial charge in [0.25, 0.3) is 5.91 Å². The van der Waals surface area contributed by atoms with Crippen LogP contribution in [0.3, 0.4) is 0 Å². The molecule has 5 nitrogen and oxygen atoms in total. The first-order chi connectivity index (χ1) is 11.0. The maximum Gasteiger partial charge on any atom is 0.253 e. The van der Waals surface area contributed by atoms with Gasteiger partial charge in [0, 0.05) is 35.5 Å². The van der Waals surface area contributed by atoms with E-state index in [1.807, 2.05) is 18.7 Å². The number of aromatic nitrogens is 2. The molecule has 23 heavy (non-hydrogen) atoms. The quantitative estimate of drug-likeness (QED) is 0.855. The zero-order chi connectivity index (χ0) is 16.4. The molecule has 0 aliphatic carbocycles. The van der Waals surface area contributed by atoms with Crippen LogP contribution in [0.4, 0.5) is 0 Å². The SMILES string of the molecule is CC(C)c1noc(C2CCN(C(=O)c3ccc(Cl)cc3)CC2)n1. The highest BCUT2D eigenvalue weighted by molar-refractivity contribution is 6.30. The van der Waals surface area contributed by atoms with E-state index in [2.05, 4.69) is 10.1 Å². The Bertz CT molecular complexity index is 673. The molecule has 1 aromatic heterocycles. The number of halogens is 1. The first-order valence-corrected chi connectivity index (χ1v) is 8.30. The highest BCUT2D eigenvalue weighted by atomic mass is 35.5. The molecule has 2 aromatic rings. The van der Waals surface area contributed by atoms with Gasteiger partial charge in [-0.1, -0.05) is 30.6 Å². The second-order valence-corrected chi connectivity index (χ2v) is 6.66. The van der Waals surface area contributed by atoms with Crippen LogP contribution in [0.25, 0.3) is 0 Å². The third-order valence-corrected chi connectivity index (χ3v) is 4.45. The minimum absolute atomic E-state index is 0.0496. The molecule has 1 aromatic carbocycles. The monoisotopic (exact) mass is 333 g/mol. The van der Waals surface area contributed by atoms with Gasteiger partial charge in [-0.15, -0.1) is 0 Å². The molecule has 122 valence electrons. The summed E-state index contributed by atoms with van der Waals surface area (Å²) in [5, 5.41) is 4.66. The number of nitrogens with zero attached hydrogens (tertiary/aromatic N) is 3. The number of benzene rings is 1. The van der Waals surface area contributed by atoms with Crippen LogP contribution in [0.5, 0.6) is 0 Å². The largest absolute Gasteiger partial charge is 0.339 e. The fourth-order valence-electron chi connectivity index (χ4n) is 2.75. The second kappa shape index (κ2) is 6.71. The van der Waals surface area contributed by atoms with Gasteiger partial charge in [-0.3, -0.25) is 4.79 Å². The topological polar surface area (TPSA) is 59.2 Å². The van der Waals surface area contributed by atoms with Crippen LogP contribution in [-0.4, -0.2) is 34.0 Å². The molecule has 1 aliphatic rings. The van der Waals surface area contributed by atoms with Gasteiger partial charge < -0.3 is 9.42 Å². The van der Waals surface area contributed by atoms with Crippen LogP contribution in [0.2, 0.25) is 5.02 Å². The summed E-state index contributed by atoms with van der Waals surface area (Å²) in [5.74, 6) is 2.00. The highest BCUT2D eigenvalue weighted by Crippen LogP contribution is 2.28. The maximum absolute atomic E-state index is 12.5. The molecule has 0 bridgehead atoms. The van der Waals surface area contributed by atoms with Gasteiger partial charge in [0.2, 0.25) is 5.89 Å². The average Bonchev–Trinajstić information content (AvgIpc) is 3.05. The van der Waals surface area contributed by atoms with Crippen LogP contribution in [0.15, 0.2) is 28.8 Å². The van der Waals surface area contributed by atoms with E-state index >= 15 is 0 Å². The molecule has 0 radical (unpaired) electrons. The van der Waals surface area contributed by atoms with Gasteiger partial charge in [0.15, 0.2) is 5.82 Å². The zero-order valence-corrected chi connectivity index (χ0v) is 14.1. The number of hydrogen-bond acceptors (Lipinski definition) is 4. The van der Waals surface area contributed by atoms with Crippen molar-refractivity contribution in [3.8, 4) is 0 Å². The Balaban J connectivity index is 1.61. The molecule has 0 unspecified atom stereocenters. The smallest absolute Gasteiger partial charge is 0.253 e. The number of carbonyl (C=O) groups is 1. The van der Waals surface area contributed by atoms with E-state index in [1.165, 1.54) is 0 Å². The summed E-state index contributed by atoms with van der Waals surface area (Å²) >= 11 is 5.87. The molecular formula is C17H20ClN3O2. The van der Waals surface area contributed by atoms with E-state index in [-0.39, 0.29) is 17.7 Å². The van der Waals surface area contributed by atoms with E-state index in [1.54, 1.807) is 24.3 Å². The van der Waals surface area contributed by atoms with E-state index in [0.717, 1.165) is 18.7 Å². The molecule has 0 saturated carbocycles. The van der Waals surface area contributed by atoms with Gasteiger partial charge >= 0.3 is 0 Å². The van der Waals surface area contributed by atoms with Crippen LogP contribution < -0.4 is 0 Å². The van der Waals surface area contributed by atoms with Crippen LogP contribution >= 0.6 is 11.6 Å². The third kappa shape index (κ3) is 3.55. The summed E-state index contributed by atoms with van der Waals surface area (Å²) in [6.45, 7) is 5.49. The summed E-state index contributed by atoms with van der Waals surface area (Å²) in [6.07, 6.45) is 1.69. The molecule has 0 atom stereocenters. The first-order valence-electron chi connectivity index (χ1n) is 7.93. The molecule has 1 saturated heterocycles. The van der Waals surface area contributed by atoms with Crippen molar-refractivity contribution in [1.29, 1.82) is 0 Å². The summed E-state index contributed by atoms with van der Waals surface area (Å²) in [5.41, 5.74) is 0.674. The molecule has 1 aliphatic heterocycles. The number of piperidine rings is 1. The van der Waals surface area contributed by atoms with Crippen molar-refractivity contribution in [2.75, 3.05) is 13.1 Å². The van der Waals surface area contributed by atoms with Crippen molar-refractivity contribution in [2.45, 2.75) is 38.5 Å². The lowest BCUT2D eigenvalue weighted by Crippen LogP contribution is -2.38. The van der Waals surface area contributed by atoms with E-state index in [0.29, 0.717) is 29.6 Å². The number of hydrogen-bond donors (Lipinski definition) is 0. The Labute approximate surface area is 140 Å². The minimum Gasteiger partial charge on any atom is -0.339 e. The summed E-state index contributed by atoms with van der Waals surface area (Å²) < 4.78 is 5.38. The fraction of sp³-hybridized carbons (Fsp3) is 0.471. The molecule has 1 amide bonds. The summed E-state index contributed by atoms with van der Waals surface area (Å²) in [4.78, 5) is 18.8. The van der Waals surface area contributed by atoms with Crippen molar-refractivity contribution >= 4 is 17.5 Å².